The highest BCUT2D eigenvalue weighted by Crippen LogP contribution is 2.33. The molecule has 2 unspecified atom stereocenters. The molecule has 104 valence electrons. The number of aromatic nitrogens is 1. The molecule has 3 heterocycles. The largest absolute Gasteiger partial charge is 0.382 e. The molecule has 0 radical (unpaired) electrons. The van der Waals surface area contributed by atoms with Crippen LogP contribution in [-0.2, 0) is 0 Å². The zero-order chi connectivity index (χ0) is 13.4. The van der Waals surface area contributed by atoms with Crippen LogP contribution in [0.2, 0.25) is 0 Å². The van der Waals surface area contributed by atoms with E-state index in [1.165, 1.54) is 37.3 Å². The van der Waals surface area contributed by atoms with Gasteiger partial charge in [0, 0.05) is 18.6 Å². The van der Waals surface area contributed by atoms with Crippen LogP contribution in [0.3, 0.4) is 0 Å². The molecule has 0 spiro atoms. The molecule has 7 heteroatoms. The third-order valence-corrected chi connectivity index (χ3v) is 4.93. The van der Waals surface area contributed by atoms with Crippen LogP contribution in [0.1, 0.15) is 36.0 Å². The molecule has 1 aromatic rings. The van der Waals surface area contributed by atoms with Gasteiger partial charge in [0.1, 0.15) is 10.6 Å². The van der Waals surface area contributed by atoms with E-state index in [1.54, 1.807) is 0 Å². The lowest BCUT2D eigenvalue weighted by Crippen LogP contribution is -2.41. The summed E-state index contributed by atoms with van der Waals surface area (Å²) in [5.41, 5.74) is 11.4. The van der Waals surface area contributed by atoms with Gasteiger partial charge in [-0.3, -0.25) is 9.69 Å². The topological polar surface area (TPSA) is 97.3 Å². The van der Waals surface area contributed by atoms with Gasteiger partial charge in [0.2, 0.25) is 0 Å². The molecule has 1 amide bonds. The van der Waals surface area contributed by atoms with Crippen LogP contribution in [0.15, 0.2) is 0 Å². The normalized spacial score (nSPS) is 27.2. The number of nitrogens with one attached hydrogen (secondary N) is 1. The van der Waals surface area contributed by atoms with E-state index in [4.69, 9.17) is 11.5 Å². The number of rotatable bonds is 3. The molecule has 0 aliphatic carbocycles. The summed E-state index contributed by atoms with van der Waals surface area (Å²) < 4.78 is 4.03. The molecule has 2 atom stereocenters. The number of nitrogens with zero attached hydrogens (tertiary/aromatic N) is 2. The fourth-order valence-electron chi connectivity index (χ4n) is 3.22. The lowest BCUT2D eigenvalue weighted by atomic mass is 9.99. The first-order valence-corrected chi connectivity index (χ1v) is 7.49. The minimum absolute atomic E-state index is 0.235. The maximum absolute atomic E-state index is 11.4. The number of anilines is 2. The smallest absolute Gasteiger partial charge is 0.255 e. The van der Waals surface area contributed by atoms with Crippen molar-refractivity contribution >= 4 is 28.3 Å². The molecular formula is C12H19N5OS. The number of nitrogens with two attached hydrogens (primary N) is 2. The molecule has 2 aliphatic rings. The minimum atomic E-state index is -0.507. The summed E-state index contributed by atoms with van der Waals surface area (Å²) in [6.07, 6.45) is 4.90. The fourth-order valence-corrected chi connectivity index (χ4v) is 4.00. The number of carbonyl (C=O) groups is 1. The van der Waals surface area contributed by atoms with Gasteiger partial charge in [-0.05, 0) is 37.3 Å². The van der Waals surface area contributed by atoms with Crippen LogP contribution >= 0.6 is 11.5 Å². The Labute approximate surface area is 116 Å². The number of piperidine rings is 1. The highest BCUT2D eigenvalue weighted by Gasteiger charge is 2.36. The van der Waals surface area contributed by atoms with E-state index in [0.717, 1.165) is 18.0 Å². The SMILES string of the molecule is NC(=O)c1c(N)nsc1NC1CCN2CCCCC12. The van der Waals surface area contributed by atoms with Crippen LogP contribution in [0.5, 0.6) is 0 Å². The van der Waals surface area contributed by atoms with E-state index >= 15 is 0 Å². The monoisotopic (exact) mass is 281 g/mol. The first-order valence-electron chi connectivity index (χ1n) is 6.72. The van der Waals surface area contributed by atoms with Crippen LogP contribution in [-0.4, -0.2) is 40.4 Å². The Morgan fingerprint density at radius 2 is 2.21 bits per heavy atom. The minimum Gasteiger partial charge on any atom is -0.382 e. The van der Waals surface area contributed by atoms with Gasteiger partial charge in [-0.15, -0.1) is 0 Å². The van der Waals surface area contributed by atoms with Crippen LogP contribution < -0.4 is 16.8 Å². The predicted molar refractivity (Wildman–Crippen MR) is 76.3 cm³/mol. The Balaban J connectivity index is 1.77. The van der Waals surface area contributed by atoms with Gasteiger partial charge in [-0.2, -0.15) is 4.37 Å². The van der Waals surface area contributed by atoms with Crippen LogP contribution in [0.4, 0.5) is 10.8 Å². The number of primary amides is 1. The Morgan fingerprint density at radius 1 is 1.37 bits per heavy atom. The van der Waals surface area contributed by atoms with Gasteiger partial charge >= 0.3 is 0 Å². The van der Waals surface area contributed by atoms with Crippen molar-refractivity contribution in [1.82, 2.24) is 9.27 Å². The highest BCUT2D eigenvalue weighted by atomic mass is 32.1. The number of hydrogen-bond donors (Lipinski definition) is 3. The van der Waals surface area contributed by atoms with Crippen LogP contribution in [0.25, 0.3) is 0 Å². The first-order chi connectivity index (χ1) is 9.16. The Bertz CT molecular complexity index is 488. The predicted octanol–water partition coefficient (Wildman–Crippen LogP) is 0.863. The van der Waals surface area contributed by atoms with Crippen LogP contribution in [0, 0.1) is 0 Å². The van der Waals surface area contributed by atoms with Gasteiger partial charge < -0.3 is 16.8 Å². The van der Waals surface area contributed by atoms with Crippen molar-refractivity contribution < 1.29 is 4.79 Å². The molecule has 0 aromatic carbocycles. The molecule has 2 fully saturated rings. The lowest BCUT2D eigenvalue weighted by Gasteiger charge is -2.32. The third kappa shape index (κ3) is 2.28. The third-order valence-electron chi connectivity index (χ3n) is 4.14. The van der Waals surface area contributed by atoms with E-state index in [1.807, 2.05) is 0 Å². The summed E-state index contributed by atoms with van der Waals surface area (Å²) in [7, 11) is 0. The maximum atomic E-state index is 11.4. The second-order valence-corrected chi connectivity index (χ2v) is 6.05. The quantitative estimate of drug-likeness (QED) is 0.763. The van der Waals surface area contributed by atoms with Gasteiger partial charge in [0.05, 0.1) is 0 Å². The van der Waals surface area contributed by atoms with Gasteiger partial charge in [0.15, 0.2) is 5.82 Å². The van der Waals surface area contributed by atoms with Crippen molar-refractivity contribution in [3.63, 3.8) is 0 Å². The summed E-state index contributed by atoms with van der Waals surface area (Å²) in [5.74, 6) is -0.272. The second-order valence-electron chi connectivity index (χ2n) is 5.27. The lowest BCUT2D eigenvalue weighted by molar-refractivity contribution is 0.100. The van der Waals surface area contributed by atoms with Crippen molar-refractivity contribution in [1.29, 1.82) is 0 Å². The summed E-state index contributed by atoms with van der Waals surface area (Å²) in [4.78, 5) is 14.0. The average Bonchev–Trinajstić information content (AvgIpc) is 2.95. The van der Waals surface area contributed by atoms with E-state index in [2.05, 4.69) is 14.6 Å². The average molecular weight is 281 g/mol. The van der Waals surface area contributed by atoms with Gasteiger partial charge in [-0.1, -0.05) is 6.42 Å². The molecule has 1 aromatic heterocycles. The van der Waals surface area contributed by atoms with Gasteiger partial charge in [0.25, 0.3) is 5.91 Å². The number of carbonyl (C=O) groups excluding carboxylic acids is 1. The second kappa shape index (κ2) is 4.97. The summed E-state index contributed by atoms with van der Waals surface area (Å²) in [6, 6.07) is 0.941. The molecule has 19 heavy (non-hydrogen) atoms. The molecule has 6 nitrogen and oxygen atoms in total. The van der Waals surface area contributed by atoms with E-state index in [0.29, 0.717) is 17.6 Å². The number of hydrogen-bond acceptors (Lipinski definition) is 6. The van der Waals surface area contributed by atoms with E-state index < -0.39 is 5.91 Å². The van der Waals surface area contributed by atoms with Crippen molar-refractivity contribution in [3.8, 4) is 0 Å². The first kappa shape index (κ1) is 12.7. The van der Waals surface area contributed by atoms with Crippen molar-refractivity contribution in [3.05, 3.63) is 5.56 Å². The number of amides is 1. The van der Waals surface area contributed by atoms with Crippen molar-refractivity contribution in [2.24, 2.45) is 5.73 Å². The maximum Gasteiger partial charge on any atom is 0.255 e. The molecule has 2 aliphatic heterocycles. The Hall–Kier alpha value is -1.34. The fraction of sp³-hybridized carbons (Fsp3) is 0.667. The molecule has 3 rings (SSSR count). The summed E-state index contributed by atoms with van der Waals surface area (Å²) in [5, 5.41) is 4.17. The molecular weight excluding hydrogens is 262 g/mol. The summed E-state index contributed by atoms with van der Waals surface area (Å²) >= 11 is 1.23. The highest BCUT2D eigenvalue weighted by molar-refractivity contribution is 7.11. The van der Waals surface area contributed by atoms with E-state index in [9.17, 15) is 4.79 Å². The zero-order valence-corrected chi connectivity index (χ0v) is 11.6. The molecule has 0 bridgehead atoms. The standard InChI is InChI=1S/C12H19N5OS/c13-10-9(11(14)18)12(19-16-10)15-7-4-6-17-5-2-1-3-8(7)17/h7-8,15H,1-6H2,(H2,13,16)(H2,14,18). The molecule has 0 saturated carbocycles. The van der Waals surface area contributed by atoms with E-state index in [-0.39, 0.29) is 5.82 Å². The summed E-state index contributed by atoms with van der Waals surface area (Å²) in [6.45, 7) is 2.32. The van der Waals surface area contributed by atoms with Crippen molar-refractivity contribution in [2.45, 2.75) is 37.8 Å². The zero-order valence-electron chi connectivity index (χ0n) is 10.8. The van der Waals surface area contributed by atoms with Gasteiger partial charge in [-0.25, -0.2) is 0 Å². The Morgan fingerprint density at radius 3 is 3.00 bits per heavy atom. The number of fused-ring (bicyclic) bond motifs is 1. The Kier molecular flexibility index (Phi) is 3.32. The number of nitrogen functional groups attached to an aromatic ring is 1. The van der Waals surface area contributed by atoms with Crippen molar-refractivity contribution in [2.75, 3.05) is 24.1 Å². The molecule has 5 N–H and O–H groups in total. The molecule has 2 saturated heterocycles.